The lowest BCUT2D eigenvalue weighted by atomic mass is 10.0. The Kier molecular flexibility index (Phi) is 4.29. The fraction of sp³-hybridized carbons (Fsp3) is 0.235. The number of fused-ring (bicyclic) bond motifs is 1. The van der Waals surface area contributed by atoms with Crippen LogP contribution in [-0.4, -0.2) is 17.4 Å². The minimum atomic E-state index is -3.53. The normalized spacial score (nSPS) is 12.2. The van der Waals surface area contributed by atoms with Crippen molar-refractivity contribution in [3.8, 4) is 0 Å². The van der Waals surface area contributed by atoms with Crippen molar-refractivity contribution in [3.63, 3.8) is 0 Å². The van der Waals surface area contributed by atoms with E-state index in [-0.39, 0.29) is 11.7 Å². The second kappa shape index (κ2) is 6.09. The highest BCUT2D eigenvalue weighted by molar-refractivity contribution is 9.10. The Hall–Kier alpha value is -1.66. The predicted molar refractivity (Wildman–Crippen MR) is 96.0 cm³/mol. The van der Waals surface area contributed by atoms with Gasteiger partial charge in [-0.15, -0.1) is 0 Å². The van der Waals surface area contributed by atoms with Crippen LogP contribution in [0.1, 0.15) is 30.9 Å². The van der Waals surface area contributed by atoms with Gasteiger partial charge in [-0.05, 0) is 39.0 Å². The molecule has 2 aromatic heterocycles. The molecule has 4 nitrogen and oxygen atoms in total. The average molecular weight is 393 g/mol. The lowest BCUT2D eigenvalue weighted by Gasteiger charge is -2.07. The fourth-order valence-corrected chi connectivity index (χ4v) is 4.37. The van der Waals surface area contributed by atoms with Crippen LogP contribution in [0, 0.1) is 0 Å². The molecule has 6 heteroatoms. The quantitative estimate of drug-likeness (QED) is 0.664. The maximum atomic E-state index is 12.8. The molecule has 0 spiro atoms. The van der Waals surface area contributed by atoms with E-state index in [4.69, 9.17) is 0 Å². The van der Waals surface area contributed by atoms with Crippen LogP contribution in [0.25, 0.3) is 11.0 Å². The van der Waals surface area contributed by atoms with E-state index >= 15 is 0 Å². The lowest BCUT2D eigenvalue weighted by molar-refractivity contribution is 0.587. The fourth-order valence-electron chi connectivity index (χ4n) is 2.60. The van der Waals surface area contributed by atoms with Crippen molar-refractivity contribution >= 4 is 37.0 Å². The molecule has 0 N–H and O–H groups in total. The van der Waals surface area contributed by atoms with Crippen molar-refractivity contribution in [2.45, 2.75) is 25.5 Å². The number of halogens is 1. The van der Waals surface area contributed by atoms with E-state index in [1.807, 2.05) is 50.2 Å². The van der Waals surface area contributed by atoms with E-state index in [1.165, 1.54) is 3.97 Å². The molecule has 0 fully saturated rings. The molecule has 0 aliphatic rings. The van der Waals surface area contributed by atoms with Crippen LogP contribution in [0.3, 0.4) is 0 Å². The first kappa shape index (κ1) is 16.2. The summed E-state index contributed by atoms with van der Waals surface area (Å²) in [4.78, 5) is 4.33. The summed E-state index contributed by atoms with van der Waals surface area (Å²) in [5.41, 5.74) is 2.22. The van der Waals surface area contributed by atoms with Crippen LogP contribution in [0.4, 0.5) is 0 Å². The van der Waals surface area contributed by atoms with Gasteiger partial charge in [0.15, 0.2) is 5.65 Å². The highest BCUT2D eigenvalue weighted by atomic mass is 79.9. The third-order valence-electron chi connectivity index (χ3n) is 3.72. The average Bonchev–Trinajstić information content (AvgIpc) is 2.87. The lowest BCUT2D eigenvalue weighted by Crippen LogP contribution is -2.14. The largest absolute Gasteiger partial charge is 0.244 e. The Balaban J connectivity index is 2.16. The summed E-state index contributed by atoms with van der Waals surface area (Å²) in [6.45, 7) is 4.09. The molecule has 2 heterocycles. The summed E-state index contributed by atoms with van der Waals surface area (Å²) < 4.78 is 27.8. The van der Waals surface area contributed by atoms with Crippen molar-refractivity contribution in [1.29, 1.82) is 0 Å². The molecule has 0 unspecified atom stereocenters. The Bertz CT molecular complexity index is 947. The van der Waals surface area contributed by atoms with Crippen molar-refractivity contribution in [2.75, 3.05) is 0 Å². The van der Waals surface area contributed by atoms with E-state index in [9.17, 15) is 8.42 Å². The van der Waals surface area contributed by atoms with Crippen LogP contribution in [-0.2, 0) is 15.8 Å². The molecule has 0 atom stereocenters. The molecule has 0 amide bonds. The van der Waals surface area contributed by atoms with Gasteiger partial charge in [-0.25, -0.2) is 17.4 Å². The molecule has 0 saturated carbocycles. The molecule has 120 valence electrons. The van der Waals surface area contributed by atoms with Crippen LogP contribution in [0.2, 0.25) is 0 Å². The number of benzene rings is 1. The third-order valence-corrected chi connectivity index (χ3v) is 5.73. The van der Waals surface area contributed by atoms with Gasteiger partial charge in [0.2, 0.25) is 10.0 Å². The van der Waals surface area contributed by atoms with E-state index in [0.29, 0.717) is 5.65 Å². The highest BCUT2D eigenvalue weighted by Crippen LogP contribution is 2.30. The number of hydrogen-bond donors (Lipinski definition) is 0. The summed E-state index contributed by atoms with van der Waals surface area (Å²) in [7, 11) is -3.53. The molecule has 3 rings (SSSR count). The molecular weight excluding hydrogens is 376 g/mol. The molecule has 0 aliphatic carbocycles. The summed E-state index contributed by atoms with van der Waals surface area (Å²) in [6, 6.07) is 11.1. The van der Waals surface area contributed by atoms with Gasteiger partial charge in [0, 0.05) is 22.3 Å². The molecule has 0 bridgehead atoms. The van der Waals surface area contributed by atoms with Crippen LogP contribution in [0.15, 0.2) is 53.3 Å². The molecule has 1 aromatic carbocycles. The summed E-state index contributed by atoms with van der Waals surface area (Å²) >= 11 is 3.41. The van der Waals surface area contributed by atoms with Gasteiger partial charge in [-0.3, -0.25) is 0 Å². The second-order valence-electron chi connectivity index (χ2n) is 5.80. The number of rotatable bonds is 4. The zero-order valence-electron chi connectivity index (χ0n) is 12.9. The Labute approximate surface area is 144 Å². The molecule has 0 radical (unpaired) electrons. The minimum Gasteiger partial charge on any atom is -0.236 e. The number of hydrogen-bond acceptors (Lipinski definition) is 3. The van der Waals surface area contributed by atoms with Gasteiger partial charge in [-0.2, -0.15) is 0 Å². The number of nitrogens with zero attached hydrogens (tertiary/aromatic N) is 2. The maximum absolute atomic E-state index is 12.8. The van der Waals surface area contributed by atoms with E-state index < -0.39 is 10.0 Å². The van der Waals surface area contributed by atoms with Gasteiger partial charge >= 0.3 is 0 Å². The van der Waals surface area contributed by atoms with Crippen molar-refractivity contribution < 1.29 is 8.42 Å². The van der Waals surface area contributed by atoms with E-state index in [2.05, 4.69) is 20.9 Å². The summed E-state index contributed by atoms with van der Waals surface area (Å²) in [5, 5.41) is 0.867. The third kappa shape index (κ3) is 3.19. The van der Waals surface area contributed by atoms with Gasteiger partial charge in [0.05, 0.1) is 5.75 Å². The second-order valence-corrected chi connectivity index (χ2v) is 8.56. The topological polar surface area (TPSA) is 52.0 Å². The Morgan fingerprint density at radius 2 is 1.91 bits per heavy atom. The number of pyridine rings is 1. The highest BCUT2D eigenvalue weighted by Gasteiger charge is 2.21. The van der Waals surface area contributed by atoms with E-state index in [0.717, 1.165) is 21.0 Å². The minimum absolute atomic E-state index is 0.0487. The molecular formula is C17H17BrN2O2S. The first-order valence-corrected chi connectivity index (χ1v) is 9.72. The Morgan fingerprint density at radius 1 is 1.22 bits per heavy atom. The monoisotopic (exact) mass is 392 g/mol. The van der Waals surface area contributed by atoms with Gasteiger partial charge in [-0.1, -0.05) is 44.2 Å². The zero-order chi connectivity index (χ0) is 16.6. The van der Waals surface area contributed by atoms with Crippen LogP contribution >= 0.6 is 15.9 Å². The first-order valence-electron chi connectivity index (χ1n) is 7.32. The Morgan fingerprint density at radius 3 is 2.57 bits per heavy atom. The smallest absolute Gasteiger partial charge is 0.236 e. The van der Waals surface area contributed by atoms with Crippen LogP contribution < -0.4 is 0 Å². The van der Waals surface area contributed by atoms with Crippen molar-refractivity contribution in [1.82, 2.24) is 8.96 Å². The SMILES string of the molecule is CC(C)c1cn(S(=O)(=O)Cc2ccccc2)c2ncc(Br)cc12. The van der Waals surface area contributed by atoms with Gasteiger partial charge in [0.1, 0.15) is 0 Å². The zero-order valence-corrected chi connectivity index (χ0v) is 15.3. The van der Waals surface area contributed by atoms with Crippen LogP contribution in [0.5, 0.6) is 0 Å². The first-order chi connectivity index (χ1) is 10.9. The molecule has 3 aromatic rings. The summed E-state index contributed by atoms with van der Waals surface area (Å²) in [5.74, 6) is 0.161. The number of aromatic nitrogens is 2. The van der Waals surface area contributed by atoms with E-state index in [1.54, 1.807) is 12.4 Å². The molecule has 0 saturated heterocycles. The van der Waals surface area contributed by atoms with Gasteiger partial charge < -0.3 is 0 Å². The van der Waals surface area contributed by atoms with Gasteiger partial charge in [0.25, 0.3) is 0 Å². The van der Waals surface area contributed by atoms with Crippen molar-refractivity contribution in [3.05, 3.63) is 64.4 Å². The molecule has 0 aliphatic heterocycles. The van der Waals surface area contributed by atoms with Crippen molar-refractivity contribution in [2.24, 2.45) is 0 Å². The summed E-state index contributed by atoms with van der Waals surface area (Å²) in [6.07, 6.45) is 3.33. The predicted octanol–water partition coefficient (Wildman–Crippen LogP) is 4.30. The maximum Gasteiger partial charge on any atom is 0.244 e. The molecule has 23 heavy (non-hydrogen) atoms. The standard InChI is InChI=1S/C17H17BrN2O2S/c1-12(2)16-10-20(17-15(16)8-14(18)9-19-17)23(21,22)11-13-6-4-3-5-7-13/h3-10,12H,11H2,1-2H3.